The summed E-state index contributed by atoms with van der Waals surface area (Å²) in [4.78, 5) is 0. The van der Waals surface area contributed by atoms with Gasteiger partial charge in [0.25, 0.3) is 0 Å². The van der Waals surface area contributed by atoms with Crippen LogP contribution in [0.5, 0.6) is 0 Å². The van der Waals surface area contributed by atoms with E-state index in [0.717, 1.165) is 19.4 Å². The lowest BCUT2D eigenvalue weighted by Gasteiger charge is -2.23. The van der Waals surface area contributed by atoms with Gasteiger partial charge in [-0.05, 0) is 19.3 Å². The Kier molecular flexibility index (Phi) is 2.94. The van der Waals surface area contributed by atoms with Crippen molar-refractivity contribution in [2.45, 2.75) is 38.7 Å². The van der Waals surface area contributed by atoms with Crippen molar-refractivity contribution < 1.29 is 4.74 Å². The van der Waals surface area contributed by atoms with Crippen molar-refractivity contribution in [3.63, 3.8) is 0 Å². The highest BCUT2D eigenvalue weighted by molar-refractivity contribution is 4.98. The average Bonchev–Trinajstić information content (AvgIpc) is 1.88. The van der Waals surface area contributed by atoms with Crippen LogP contribution in [-0.2, 0) is 4.74 Å². The molecule has 1 fully saturated rings. The van der Waals surface area contributed by atoms with Gasteiger partial charge in [-0.3, -0.25) is 0 Å². The average molecular weight is 140 g/mol. The maximum Gasteiger partial charge on any atom is 0.0612 e. The Labute approximate surface area is 63.1 Å². The van der Waals surface area contributed by atoms with Crippen molar-refractivity contribution in [2.24, 2.45) is 0 Å². The first-order chi connectivity index (χ1) is 4.83. The maximum absolute atomic E-state index is 5.53. The molecule has 0 bridgehead atoms. The van der Waals surface area contributed by atoms with Gasteiger partial charge in [0.1, 0.15) is 0 Å². The summed E-state index contributed by atoms with van der Waals surface area (Å²) in [5.74, 6) is 0. The third-order valence-corrected chi connectivity index (χ3v) is 1.94. The minimum Gasteiger partial charge on any atom is -0.378 e. The highest BCUT2D eigenvalue weighted by Crippen LogP contribution is 2.20. The van der Waals surface area contributed by atoms with Crippen molar-refractivity contribution in [1.29, 1.82) is 0 Å². The molecule has 1 aliphatic rings. The first-order valence-electron chi connectivity index (χ1n) is 4.11. The van der Waals surface area contributed by atoms with Crippen molar-refractivity contribution in [3.05, 3.63) is 12.2 Å². The van der Waals surface area contributed by atoms with Crippen LogP contribution in [-0.4, -0.2) is 12.7 Å². The molecule has 0 aromatic rings. The Hall–Kier alpha value is -0.300. The van der Waals surface area contributed by atoms with Gasteiger partial charge in [-0.2, -0.15) is 0 Å². The van der Waals surface area contributed by atoms with Gasteiger partial charge in [-0.25, -0.2) is 0 Å². The van der Waals surface area contributed by atoms with Crippen LogP contribution in [0.1, 0.15) is 32.6 Å². The molecule has 0 aliphatic carbocycles. The molecular formula is C9H16O. The molecule has 0 saturated carbocycles. The number of hydrogen-bond donors (Lipinski definition) is 0. The fourth-order valence-corrected chi connectivity index (χ4v) is 1.36. The van der Waals surface area contributed by atoms with E-state index >= 15 is 0 Å². The minimum atomic E-state index is 0.478. The van der Waals surface area contributed by atoms with E-state index in [4.69, 9.17) is 4.74 Å². The predicted molar refractivity (Wildman–Crippen MR) is 43.0 cm³/mol. The van der Waals surface area contributed by atoms with Crippen molar-refractivity contribution >= 4 is 0 Å². The number of rotatable bonds is 2. The van der Waals surface area contributed by atoms with Crippen LogP contribution in [0.15, 0.2) is 12.2 Å². The highest BCUT2D eigenvalue weighted by Gasteiger charge is 2.14. The van der Waals surface area contributed by atoms with Crippen LogP contribution >= 0.6 is 0 Å². The van der Waals surface area contributed by atoms with E-state index in [9.17, 15) is 0 Å². The predicted octanol–water partition coefficient (Wildman–Crippen LogP) is 2.52. The van der Waals surface area contributed by atoms with E-state index in [-0.39, 0.29) is 0 Å². The van der Waals surface area contributed by atoms with Crippen LogP contribution in [0.2, 0.25) is 0 Å². The first kappa shape index (κ1) is 7.80. The van der Waals surface area contributed by atoms with Gasteiger partial charge in [-0.1, -0.05) is 25.5 Å². The van der Waals surface area contributed by atoms with Gasteiger partial charge in [0.2, 0.25) is 0 Å². The second-order valence-corrected chi connectivity index (χ2v) is 2.99. The minimum absolute atomic E-state index is 0.478. The molecule has 1 rings (SSSR count). The summed E-state index contributed by atoms with van der Waals surface area (Å²) >= 11 is 0. The SMILES string of the molecule is C=C1CCOC(CCC)C1. The summed E-state index contributed by atoms with van der Waals surface area (Å²) in [6.07, 6.45) is 5.05. The highest BCUT2D eigenvalue weighted by atomic mass is 16.5. The Morgan fingerprint density at radius 1 is 1.70 bits per heavy atom. The molecule has 1 heterocycles. The zero-order valence-electron chi connectivity index (χ0n) is 6.73. The van der Waals surface area contributed by atoms with Crippen LogP contribution in [0.3, 0.4) is 0 Å². The second-order valence-electron chi connectivity index (χ2n) is 2.99. The van der Waals surface area contributed by atoms with Gasteiger partial charge < -0.3 is 4.74 Å². The summed E-state index contributed by atoms with van der Waals surface area (Å²) in [7, 11) is 0. The summed E-state index contributed by atoms with van der Waals surface area (Å²) in [6.45, 7) is 7.05. The van der Waals surface area contributed by atoms with E-state index in [1.807, 2.05) is 0 Å². The van der Waals surface area contributed by atoms with E-state index < -0.39 is 0 Å². The molecule has 0 aromatic carbocycles. The number of ether oxygens (including phenoxy) is 1. The zero-order valence-corrected chi connectivity index (χ0v) is 6.73. The Balaban J connectivity index is 2.25. The molecule has 0 amide bonds. The third-order valence-electron chi connectivity index (χ3n) is 1.94. The summed E-state index contributed by atoms with van der Waals surface area (Å²) in [5, 5.41) is 0. The smallest absolute Gasteiger partial charge is 0.0612 e. The van der Waals surface area contributed by atoms with Crippen LogP contribution in [0, 0.1) is 0 Å². The molecule has 0 radical (unpaired) electrons. The van der Waals surface area contributed by atoms with E-state index in [1.54, 1.807) is 0 Å². The molecule has 1 nitrogen and oxygen atoms in total. The van der Waals surface area contributed by atoms with Crippen molar-refractivity contribution in [2.75, 3.05) is 6.61 Å². The summed E-state index contributed by atoms with van der Waals surface area (Å²) in [5.41, 5.74) is 1.37. The number of hydrogen-bond acceptors (Lipinski definition) is 1. The molecule has 1 aliphatic heterocycles. The van der Waals surface area contributed by atoms with Crippen LogP contribution in [0.4, 0.5) is 0 Å². The van der Waals surface area contributed by atoms with Gasteiger partial charge in [-0.15, -0.1) is 0 Å². The van der Waals surface area contributed by atoms with Crippen LogP contribution < -0.4 is 0 Å². The molecule has 1 atom stereocenters. The summed E-state index contributed by atoms with van der Waals surface area (Å²) in [6, 6.07) is 0. The monoisotopic (exact) mass is 140 g/mol. The van der Waals surface area contributed by atoms with Gasteiger partial charge in [0, 0.05) is 0 Å². The Morgan fingerprint density at radius 2 is 2.50 bits per heavy atom. The maximum atomic E-state index is 5.53. The largest absolute Gasteiger partial charge is 0.378 e. The third kappa shape index (κ3) is 2.14. The van der Waals surface area contributed by atoms with E-state index in [0.29, 0.717) is 6.10 Å². The van der Waals surface area contributed by atoms with E-state index in [2.05, 4.69) is 13.5 Å². The Morgan fingerprint density at radius 3 is 3.10 bits per heavy atom. The van der Waals surface area contributed by atoms with Gasteiger partial charge in [0.05, 0.1) is 12.7 Å². The molecule has 0 aromatic heterocycles. The molecule has 0 spiro atoms. The lowest BCUT2D eigenvalue weighted by Crippen LogP contribution is -2.19. The lowest BCUT2D eigenvalue weighted by atomic mass is 10.0. The normalized spacial score (nSPS) is 26.9. The zero-order chi connectivity index (χ0) is 7.40. The summed E-state index contributed by atoms with van der Waals surface area (Å²) < 4.78 is 5.53. The topological polar surface area (TPSA) is 9.23 Å². The molecule has 58 valence electrons. The van der Waals surface area contributed by atoms with Crippen LogP contribution in [0.25, 0.3) is 0 Å². The molecule has 1 heteroatoms. The molecule has 1 saturated heterocycles. The van der Waals surface area contributed by atoms with Crippen molar-refractivity contribution in [1.82, 2.24) is 0 Å². The Bertz CT molecular complexity index is 116. The second kappa shape index (κ2) is 3.77. The fourth-order valence-electron chi connectivity index (χ4n) is 1.36. The van der Waals surface area contributed by atoms with Crippen molar-refractivity contribution in [3.8, 4) is 0 Å². The molecule has 1 unspecified atom stereocenters. The lowest BCUT2D eigenvalue weighted by molar-refractivity contribution is 0.0304. The van der Waals surface area contributed by atoms with Gasteiger partial charge in [0.15, 0.2) is 0 Å². The first-order valence-corrected chi connectivity index (χ1v) is 4.11. The molecule has 10 heavy (non-hydrogen) atoms. The van der Waals surface area contributed by atoms with E-state index in [1.165, 1.54) is 18.4 Å². The molecule has 0 N–H and O–H groups in total. The standard InChI is InChI=1S/C9H16O/c1-3-4-9-7-8(2)5-6-10-9/h9H,2-7H2,1H3. The van der Waals surface area contributed by atoms with Gasteiger partial charge >= 0.3 is 0 Å². The molecular weight excluding hydrogens is 124 g/mol. The fraction of sp³-hybridized carbons (Fsp3) is 0.778. The quantitative estimate of drug-likeness (QED) is 0.535.